The first-order chi connectivity index (χ1) is 6.29. The van der Waals surface area contributed by atoms with Crippen LogP contribution in [0.3, 0.4) is 0 Å². The van der Waals surface area contributed by atoms with Crippen molar-refractivity contribution in [3.63, 3.8) is 0 Å². The van der Waals surface area contributed by atoms with Gasteiger partial charge in [0.1, 0.15) is 0 Å². The van der Waals surface area contributed by atoms with Crippen LogP contribution in [0, 0.1) is 6.92 Å². The lowest BCUT2D eigenvalue weighted by Gasteiger charge is -2.12. The fraction of sp³-hybridized carbons (Fsp3) is 0.250. The topological polar surface area (TPSA) is 0 Å². The van der Waals surface area contributed by atoms with E-state index >= 15 is 0 Å². The zero-order valence-corrected chi connectivity index (χ0v) is 12.0. The van der Waals surface area contributed by atoms with E-state index in [2.05, 4.69) is 0 Å². The average molecular weight is 308 g/mol. The molecule has 0 aromatic heterocycles. The number of benzene rings is 1. The molecule has 0 amide bonds. The van der Waals surface area contributed by atoms with Crippen molar-refractivity contribution in [3.05, 3.63) is 33.3 Å². The molecule has 1 aromatic carbocycles. The second-order valence-corrected chi connectivity index (χ2v) is 12.9. The summed E-state index contributed by atoms with van der Waals surface area (Å²) in [4.78, 5) is 0. The van der Waals surface area contributed by atoms with Gasteiger partial charge in [0, 0.05) is 16.1 Å². The lowest BCUT2D eigenvalue weighted by Crippen LogP contribution is -2.15. The SMILES string of the molecule is Cc1c(Cl)cc(Cl)cc1C[Si](Cl)(Cl)Cl. The van der Waals surface area contributed by atoms with Crippen molar-refractivity contribution < 1.29 is 0 Å². The summed E-state index contributed by atoms with van der Waals surface area (Å²) in [5.41, 5.74) is 1.84. The van der Waals surface area contributed by atoms with Crippen LogP contribution >= 0.6 is 56.4 Å². The molecular formula is C8H7Cl5Si. The van der Waals surface area contributed by atoms with Gasteiger partial charge in [-0.3, -0.25) is 0 Å². The minimum atomic E-state index is -2.68. The minimum absolute atomic E-state index is 0.434. The van der Waals surface area contributed by atoms with Gasteiger partial charge in [0.2, 0.25) is 0 Å². The smallest absolute Gasteiger partial charge is 0.126 e. The predicted molar refractivity (Wildman–Crippen MR) is 68.2 cm³/mol. The highest BCUT2D eigenvalue weighted by Crippen LogP contribution is 2.30. The van der Waals surface area contributed by atoms with Crippen molar-refractivity contribution in [2.24, 2.45) is 0 Å². The standard InChI is InChI=1S/C8H7Cl5Si/c1-5-6(4-14(11,12)13)2-7(9)3-8(5)10/h2-3H,4H2,1H3. The van der Waals surface area contributed by atoms with Crippen LogP contribution in [0.1, 0.15) is 11.1 Å². The van der Waals surface area contributed by atoms with Crippen LogP contribution in [0.5, 0.6) is 0 Å². The van der Waals surface area contributed by atoms with Gasteiger partial charge >= 0.3 is 6.00 Å². The Hall–Kier alpha value is 0.887. The molecule has 0 bridgehead atoms. The van der Waals surface area contributed by atoms with E-state index in [0.717, 1.165) is 11.1 Å². The van der Waals surface area contributed by atoms with Crippen LogP contribution in [0.4, 0.5) is 0 Å². The zero-order chi connectivity index (χ0) is 10.9. The van der Waals surface area contributed by atoms with Crippen LogP contribution in [-0.2, 0) is 6.04 Å². The predicted octanol–water partition coefficient (Wildman–Crippen LogP) is 5.04. The Morgan fingerprint density at radius 1 is 1.14 bits per heavy atom. The summed E-state index contributed by atoms with van der Waals surface area (Å²) in [6.45, 7) is 1.89. The molecule has 0 atom stereocenters. The highest BCUT2D eigenvalue weighted by Gasteiger charge is 2.26. The molecule has 14 heavy (non-hydrogen) atoms. The number of hydrogen-bond donors (Lipinski definition) is 0. The Morgan fingerprint density at radius 2 is 1.71 bits per heavy atom. The molecular weight excluding hydrogens is 301 g/mol. The second kappa shape index (κ2) is 4.81. The van der Waals surface area contributed by atoms with Crippen LogP contribution < -0.4 is 0 Å². The van der Waals surface area contributed by atoms with E-state index in [0.29, 0.717) is 16.1 Å². The Balaban J connectivity index is 3.09. The summed E-state index contributed by atoms with van der Waals surface area (Å²) in [5, 5.41) is 1.18. The fourth-order valence-corrected chi connectivity index (χ4v) is 3.73. The third-order valence-corrected chi connectivity index (χ3v) is 4.40. The molecule has 0 aliphatic heterocycles. The number of halogens is 5. The molecule has 78 valence electrons. The van der Waals surface area contributed by atoms with Crippen molar-refractivity contribution in [1.82, 2.24) is 0 Å². The normalized spacial score (nSPS) is 11.9. The third kappa shape index (κ3) is 3.80. The zero-order valence-electron chi connectivity index (χ0n) is 7.25. The summed E-state index contributed by atoms with van der Waals surface area (Å²) in [6, 6.07) is 1.23. The summed E-state index contributed by atoms with van der Waals surface area (Å²) in [6.07, 6.45) is 0. The maximum atomic E-state index is 5.95. The molecule has 0 saturated heterocycles. The highest BCUT2D eigenvalue weighted by molar-refractivity contribution is 7.64. The Labute approximate surface area is 108 Å². The van der Waals surface area contributed by atoms with Crippen molar-refractivity contribution in [2.45, 2.75) is 13.0 Å². The van der Waals surface area contributed by atoms with E-state index in [1.807, 2.05) is 6.92 Å². The van der Waals surface area contributed by atoms with Crippen molar-refractivity contribution in [3.8, 4) is 0 Å². The van der Waals surface area contributed by atoms with Crippen molar-refractivity contribution >= 4 is 62.4 Å². The maximum absolute atomic E-state index is 5.95. The molecule has 0 aliphatic rings. The second-order valence-electron chi connectivity index (χ2n) is 2.96. The van der Waals surface area contributed by atoms with E-state index in [9.17, 15) is 0 Å². The molecule has 0 nitrogen and oxygen atoms in total. The van der Waals surface area contributed by atoms with Crippen molar-refractivity contribution in [1.29, 1.82) is 0 Å². The molecule has 0 aliphatic carbocycles. The van der Waals surface area contributed by atoms with E-state index in [-0.39, 0.29) is 0 Å². The number of hydrogen-bond acceptors (Lipinski definition) is 0. The molecule has 1 rings (SSSR count). The quantitative estimate of drug-likeness (QED) is 0.530. The molecule has 0 N–H and O–H groups in total. The first-order valence-corrected chi connectivity index (χ1v) is 9.81. The molecule has 0 spiro atoms. The van der Waals surface area contributed by atoms with E-state index < -0.39 is 6.00 Å². The monoisotopic (exact) mass is 306 g/mol. The van der Waals surface area contributed by atoms with Crippen LogP contribution in [0.25, 0.3) is 0 Å². The summed E-state index contributed by atoms with van der Waals surface area (Å²) < 4.78 is 0. The fourth-order valence-electron chi connectivity index (χ4n) is 1.10. The van der Waals surface area contributed by atoms with Gasteiger partial charge in [0.05, 0.1) is 0 Å². The summed E-state index contributed by atoms with van der Waals surface area (Å²) >= 11 is 29.3. The first-order valence-electron chi connectivity index (χ1n) is 3.81. The molecule has 0 heterocycles. The lowest BCUT2D eigenvalue weighted by atomic mass is 10.1. The molecule has 0 fully saturated rings. The van der Waals surface area contributed by atoms with Crippen LogP contribution in [0.15, 0.2) is 12.1 Å². The molecule has 0 saturated carbocycles. The van der Waals surface area contributed by atoms with Gasteiger partial charge in [0.15, 0.2) is 0 Å². The first kappa shape index (κ1) is 13.0. The van der Waals surface area contributed by atoms with Gasteiger partial charge in [-0.25, -0.2) is 0 Å². The lowest BCUT2D eigenvalue weighted by molar-refractivity contribution is 1.29. The van der Waals surface area contributed by atoms with E-state index in [4.69, 9.17) is 56.4 Å². The van der Waals surface area contributed by atoms with Gasteiger partial charge in [-0.2, -0.15) is 0 Å². The Morgan fingerprint density at radius 3 is 2.21 bits per heavy atom. The summed E-state index contributed by atoms with van der Waals surface area (Å²) in [7, 11) is 0. The summed E-state index contributed by atoms with van der Waals surface area (Å²) in [5.74, 6) is 0. The largest absolute Gasteiger partial charge is 0.345 e. The van der Waals surface area contributed by atoms with E-state index in [1.165, 1.54) is 0 Å². The molecule has 6 heteroatoms. The maximum Gasteiger partial charge on any atom is 0.345 e. The van der Waals surface area contributed by atoms with Gasteiger partial charge in [-0.15, -0.1) is 33.2 Å². The van der Waals surface area contributed by atoms with Crippen molar-refractivity contribution in [2.75, 3.05) is 0 Å². The average Bonchev–Trinajstić information content (AvgIpc) is 1.96. The number of rotatable bonds is 2. The van der Waals surface area contributed by atoms with Gasteiger partial charge < -0.3 is 0 Å². The Kier molecular flexibility index (Phi) is 4.45. The van der Waals surface area contributed by atoms with Gasteiger partial charge in [0.25, 0.3) is 0 Å². The molecule has 0 unspecified atom stereocenters. The van der Waals surface area contributed by atoms with Crippen LogP contribution in [-0.4, -0.2) is 6.00 Å². The highest BCUT2D eigenvalue weighted by atomic mass is 35.8. The van der Waals surface area contributed by atoms with Gasteiger partial charge in [-0.1, -0.05) is 23.2 Å². The van der Waals surface area contributed by atoms with Crippen LogP contribution in [0.2, 0.25) is 10.0 Å². The molecule has 1 aromatic rings. The van der Waals surface area contributed by atoms with Gasteiger partial charge in [-0.05, 0) is 30.2 Å². The third-order valence-electron chi connectivity index (χ3n) is 1.81. The molecule has 0 radical (unpaired) electrons. The van der Waals surface area contributed by atoms with E-state index in [1.54, 1.807) is 12.1 Å². The minimum Gasteiger partial charge on any atom is -0.126 e. The Bertz CT molecular complexity index is 344.